The van der Waals surface area contributed by atoms with Gasteiger partial charge in [-0.2, -0.15) is 0 Å². The lowest BCUT2D eigenvalue weighted by molar-refractivity contribution is 0.0533. The second kappa shape index (κ2) is 4.98. The number of carbonyl (C=O) groups is 1. The largest absolute Gasteiger partial charge is 0.399 e. The predicted octanol–water partition coefficient (Wildman–Crippen LogP) is 1.35. The second-order valence-electron chi connectivity index (χ2n) is 5.24. The van der Waals surface area contributed by atoms with Crippen molar-refractivity contribution in [2.24, 2.45) is 0 Å². The van der Waals surface area contributed by atoms with Crippen LogP contribution in [0.4, 0.5) is 5.69 Å². The zero-order valence-corrected chi connectivity index (χ0v) is 11.3. The molecule has 2 N–H and O–H groups in total. The lowest BCUT2D eigenvalue weighted by Crippen LogP contribution is -2.52. The van der Waals surface area contributed by atoms with Gasteiger partial charge < -0.3 is 15.5 Å². The summed E-state index contributed by atoms with van der Waals surface area (Å²) in [6, 6.07) is 5.80. The number of rotatable bonds is 1. The van der Waals surface area contributed by atoms with E-state index in [2.05, 4.69) is 18.9 Å². The maximum absolute atomic E-state index is 12.5. The molecule has 1 amide bonds. The zero-order valence-electron chi connectivity index (χ0n) is 11.3. The van der Waals surface area contributed by atoms with Crippen LogP contribution in [0.1, 0.15) is 22.8 Å². The van der Waals surface area contributed by atoms with Crippen molar-refractivity contribution in [2.75, 3.05) is 32.4 Å². The Kier molecular flexibility index (Phi) is 3.57. The summed E-state index contributed by atoms with van der Waals surface area (Å²) < 4.78 is 0. The van der Waals surface area contributed by atoms with Crippen molar-refractivity contribution in [2.45, 2.75) is 19.9 Å². The van der Waals surface area contributed by atoms with Crippen LogP contribution >= 0.6 is 0 Å². The van der Waals surface area contributed by atoms with Gasteiger partial charge in [-0.25, -0.2) is 0 Å². The van der Waals surface area contributed by atoms with Crippen LogP contribution in [0.15, 0.2) is 18.2 Å². The monoisotopic (exact) mass is 247 g/mol. The number of nitrogen functional groups attached to an aromatic ring is 1. The maximum Gasteiger partial charge on any atom is 0.254 e. The van der Waals surface area contributed by atoms with Crippen LogP contribution in [-0.4, -0.2) is 48.4 Å². The highest BCUT2D eigenvalue weighted by Gasteiger charge is 2.26. The molecule has 1 fully saturated rings. The molecule has 1 aliphatic heterocycles. The predicted molar refractivity (Wildman–Crippen MR) is 73.6 cm³/mol. The Morgan fingerprint density at radius 3 is 2.67 bits per heavy atom. The van der Waals surface area contributed by atoms with Gasteiger partial charge in [0.1, 0.15) is 0 Å². The summed E-state index contributed by atoms with van der Waals surface area (Å²) >= 11 is 0. The topological polar surface area (TPSA) is 49.6 Å². The SMILES string of the molecule is Cc1cc(N)cc(C(=O)N2CCN(C)CC2C)c1. The standard InChI is InChI=1S/C14H21N3O/c1-10-6-12(8-13(15)7-10)14(18)17-5-4-16(3)9-11(17)2/h6-8,11H,4-5,9,15H2,1-3H3. The lowest BCUT2D eigenvalue weighted by atomic mass is 10.1. The smallest absolute Gasteiger partial charge is 0.254 e. The molecule has 4 heteroatoms. The highest BCUT2D eigenvalue weighted by molar-refractivity contribution is 5.95. The third kappa shape index (κ3) is 2.64. The summed E-state index contributed by atoms with van der Waals surface area (Å²) in [6.45, 7) is 6.68. The number of carbonyl (C=O) groups excluding carboxylic acids is 1. The molecule has 1 saturated heterocycles. The number of anilines is 1. The molecule has 1 atom stereocenters. The number of nitrogens with zero attached hydrogens (tertiary/aromatic N) is 2. The van der Waals surface area contributed by atoms with Gasteiger partial charge in [-0.05, 0) is 44.7 Å². The number of nitrogens with two attached hydrogens (primary N) is 1. The molecule has 0 aliphatic carbocycles. The molecule has 0 aromatic heterocycles. The number of piperazine rings is 1. The first-order chi connectivity index (χ1) is 8.47. The number of likely N-dealkylation sites (N-methyl/N-ethyl adjacent to an activating group) is 1. The summed E-state index contributed by atoms with van der Waals surface area (Å²) in [5, 5.41) is 0. The second-order valence-corrected chi connectivity index (χ2v) is 5.24. The van der Waals surface area contributed by atoms with Crippen molar-refractivity contribution in [1.82, 2.24) is 9.80 Å². The Balaban J connectivity index is 2.20. The minimum Gasteiger partial charge on any atom is -0.399 e. The highest BCUT2D eigenvalue weighted by Crippen LogP contribution is 2.17. The molecule has 2 rings (SSSR count). The van der Waals surface area contributed by atoms with E-state index < -0.39 is 0 Å². The van der Waals surface area contributed by atoms with Crippen molar-refractivity contribution in [3.05, 3.63) is 29.3 Å². The van der Waals surface area contributed by atoms with Crippen LogP contribution in [-0.2, 0) is 0 Å². The van der Waals surface area contributed by atoms with Crippen LogP contribution in [0.25, 0.3) is 0 Å². The van der Waals surface area contributed by atoms with Gasteiger partial charge in [0.05, 0.1) is 0 Å². The summed E-state index contributed by atoms with van der Waals surface area (Å²) in [7, 11) is 2.09. The number of benzene rings is 1. The van der Waals surface area contributed by atoms with Crippen LogP contribution < -0.4 is 5.73 Å². The van der Waals surface area contributed by atoms with Gasteiger partial charge in [-0.15, -0.1) is 0 Å². The van der Waals surface area contributed by atoms with Crippen molar-refractivity contribution < 1.29 is 4.79 Å². The van der Waals surface area contributed by atoms with E-state index in [0.29, 0.717) is 11.3 Å². The van der Waals surface area contributed by atoms with Crippen molar-refractivity contribution >= 4 is 11.6 Å². The number of hydrogen-bond acceptors (Lipinski definition) is 3. The number of aryl methyl sites for hydroxylation is 1. The molecule has 1 heterocycles. The summed E-state index contributed by atoms with van der Waals surface area (Å²) in [4.78, 5) is 16.7. The fourth-order valence-electron chi connectivity index (χ4n) is 2.54. The molecule has 1 aliphatic rings. The first-order valence-corrected chi connectivity index (χ1v) is 6.34. The third-order valence-corrected chi connectivity index (χ3v) is 3.44. The fraction of sp³-hybridized carbons (Fsp3) is 0.500. The van der Waals surface area contributed by atoms with E-state index >= 15 is 0 Å². The number of hydrogen-bond donors (Lipinski definition) is 1. The van der Waals surface area contributed by atoms with Crippen LogP contribution in [0.2, 0.25) is 0 Å². The molecule has 0 radical (unpaired) electrons. The van der Waals surface area contributed by atoms with E-state index in [1.807, 2.05) is 24.0 Å². The molecule has 98 valence electrons. The zero-order chi connectivity index (χ0) is 13.3. The average Bonchev–Trinajstić information content (AvgIpc) is 2.26. The van der Waals surface area contributed by atoms with Crippen molar-refractivity contribution in [1.29, 1.82) is 0 Å². The normalized spacial score (nSPS) is 21.1. The van der Waals surface area contributed by atoms with Crippen LogP contribution in [0.3, 0.4) is 0 Å². The molecule has 0 spiro atoms. The van der Waals surface area contributed by atoms with E-state index in [0.717, 1.165) is 25.2 Å². The van der Waals surface area contributed by atoms with Crippen LogP contribution in [0, 0.1) is 6.92 Å². The third-order valence-electron chi connectivity index (χ3n) is 3.44. The van der Waals surface area contributed by atoms with Gasteiger partial charge in [0.25, 0.3) is 5.91 Å². The molecule has 1 aromatic carbocycles. The molecule has 4 nitrogen and oxygen atoms in total. The Morgan fingerprint density at radius 2 is 2.06 bits per heavy atom. The summed E-state index contributed by atoms with van der Waals surface area (Å²) in [5.41, 5.74) is 8.18. The first kappa shape index (κ1) is 12.9. The molecule has 1 aromatic rings. The lowest BCUT2D eigenvalue weighted by Gasteiger charge is -2.38. The maximum atomic E-state index is 12.5. The van der Waals surface area contributed by atoms with Gasteiger partial charge in [-0.3, -0.25) is 4.79 Å². The van der Waals surface area contributed by atoms with Crippen LogP contribution in [0.5, 0.6) is 0 Å². The van der Waals surface area contributed by atoms with E-state index in [9.17, 15) is 4.79 Å². The van der Waals surface area contributed by atoms with E-state index in [-0.39, 0.29) is 11.9 Å². The fourth-order valence-corrected chi connectivity index (χ4v) is 2.54. The number of amides is 1. The Morgan fingerprint density at radius 1 is 1.33 bits per heavy atom. The summed E-state index contributed by atoms with van der Waals surface area (Å²) in [5.74, 6) is 0.0889. The van der Waals surface area contributed by atoms with Gasteiger partial charge in [-0.1, -0.05) is 0 Å². The van der Waals surface area contributed by atoms with Gasteiger partial charge >= 0.3 is 0 Å². The molecule has 18 heavy (non-hydrogen) atoms. The molecule has 1 unspecified atom stereocenters. The van der Waals surface area contributed by atoms with Gasteiger partial charge in [0, 0.05) is 36.9 Å². The Bertz CT molecular complexity index is 438. The average molecular weight is 247 g/mol. The van der Waals surface area contributed by atoms with Gasteiger partial charge in [0.15, 0.2) is 0 Å². The Hall–Kier alpha value is -1.55. The minimum atomic E-state index is 0.0889. The van der Waals surface area contributed by atoms with E-state index in [4.69, 9.17) is 5.73 Å². The quantitative estimate of drug-likeness (QED) is 0.762. The highest BCUT2D eigenvalue weighted by atomic mass is 16.2. The minimum absolute atomic E-state index is 0.0889. The molecule has 0 saturated carbocycles. The van der Waals surface area contributed by atoms with E-state index in [1.54, 1.807) is 6.07 Å². The first-order valence-electron chi connectivity index (χ1n) is 6.34. The van der Waals surface area contributed by atoms with Crippen molar-refractivity contribution in [3.8, 4) is 0 Å². The Labute approximate surface area is 108 Å². The summed E-state index contributed by atoms with van der Waals surface area (Å²) in [6.07, 6.45) is 0. The molecule has 0 bridgehead atoms. The van der Waals surface area contributed by atoms with Crippen molar-refractivity contribution in [3.63, 3.8) is 0 Å². The molecular formula is C14H21N3O. The van der Waals surface area contributed by atoms with Gasteiger partial charge in [0.2, 0.25) is 0 Å². The van der Waals surface area contributed by atoms with E-state index in [1.165, 1.54) is 0 Å². The molecular weight excluding hydrogens is 226 g/mol.